The highest BCUT2D eigenvalue weighted by Crippen LogP contribution is 2.25. The van der Waals surface area contributed by atoms with Crippen LogP contribution in [0.4, 0.5) is 8.78 Å². The van der Waals surface area contributed by atoms with E-state index in [2.05, 4.69) is 15.0 Å². The lowest BCUT2D eigenvalue weighted by Gasteiger charge is -2.10. The summed E-state index contributed by atoms with van der Waals surface area (Å²) in [5.41, 5.74) is 1.27. The van der Waals surface area contributed by atoms with Gasteiger partial charge in [0.1, 0.15) is 23.6 Å². The van der Waals surface area contributed by atoms with Crippen molar-refractivity contribution < 1.29 is 8.78 Å². The highest BCUT2D eigenvalue weighted by molar-refractivity contribution is 5.72. The molecular weight excluding hydrogens is 376 g/mol. The van der Waals surface area contributed by atoms with Gasteiger partial charge in [-0.15, -0.1) is 0 Å². The quantitative estimate of drug-likeness (QED) is 0.474. The van der Waals surface area contributed by atoms with Crippen molar-refractivity contribution in [2.45, 2.75) is 6.54 Å². The Kier molecular flexibility index (Phi) is 3.90. The first-order valence-electron chi connectivity index (χ1n) is 8.82. The Labute approximate surface area is 162 Å². The molecule has 5 rings (SSSR count). The summed E-state index contributed by atoms with van der Waals surface area (Å²) in [5.74, 6) is -1.49. The van der Waals surface area contributed by atoms with E-state index < -0.39 is 17.2 Å². The van der Waals surface area contributed by atoms with Crippen molar-refractivity contribution in [2.75, 3.05) is 0 Å². The van der Waals surface area contributed by atoms with Gasteiger partial charge < -0.3 is 0 Å². The van der Waals surface area contributed by atoms with Gasteiger partial charge in [0.05, 0.1) is 23.8 Å². The van der Waals surface area contributed by atoms with Crippen LogP contribution in [0, 0.1) is 11.6 Å². The molecule has 1 aromatic carbocycles. The Bertz CT molecular complexity index is 1420. The molecule has 29 heavy (non-hydrogen) atoms. The molecule has 0 aliphatic rings. The van der Waals surface area contributed by atoms with E-state index in [0.29, 0.717) is 16.9 Å². The standard InChI is InChI=1S/C21H13F2N5O/c22-16-8-13(18-10-25-19-5-1-2-7-28(18)19)9-17(23)15(16)11-27-12-26-20-14(21(27)29)4-3-6-24-20/h1-10,12H,11H2. The fourth-order valence-corrected chi connectivity index (χ4v) is 3.33. The van der Waals surface area contributed by atoms with Gasteiger partial charge in [0.2, 0.25) is 0 Å². The fourth-order valence-electron chi connectivity index (χ4n) is 3.33. The molecule has 0 unspecified atom stereocenters. The minimum atomic E-state index is -0.746. The molecule has 6 nitrogen and oxygen atoms in total. The third-order valence-corrected chi connectivity index (χ3v) is 4.78. The molecule has 0 fully saturated rings. The number of rotatable bonds is 3. The van der Waals surface area contributed by atoms with Crippen LogP contribution in [0.15, 0.2) is 72.2 Å². The SMILES string of the molecule is O=c1c2cccnc2ncn1Cc1c(F)cc(-c2cnc3ccccn23)cc1F. The van der Waals surface area contributed by atoms with Crippen LogP contribution in [-0.4, -0.2) is 23.9 Å². The van der Waals surface area contributed by atoms with Gasteiger partial charge in [0, 0.05) is 23.5 Å². The number of benzene rings is 1. The number of halogens is 2. The van der Waals surface area contributed by atoms with Gasteiger partial charge in [0.15, 0.2) is 5.65 Å². The van der Waals surface area contributed by atoms with E-state index in [1.165, 1.54) is 29.2 Å². The van der Waals surface area contributed by atoms with E-state index >= 15 is 0 Å². The number of pyridine rings is 2. The third kappa shape index (κ3) is 2.85. The molecule has 4 heterocycles. The van der Waals surface area contributed by atoms with Crippen LogP contribution in [0.5, 0.6) is 0 Å². The Balaban J connectivity index is 1.57. The van der Waals surface area contributed by atoms with Crippen LogP contribution in [0.1, 0.15) is 5.56 Å². The maximum atomic E-state index is 14.8. The van der Waals surface area contributed by atoms with Gasteiger partial charge in [-0.2, -0.15) is 0 Å². The molecule has 0 saturated heterocycles. The molecule has 0 N–H and O–H groups in total. The van der Waals surface area contributed by atoms with Crippen LogP contribution in [-0.2, 0) is 6.54 Å². The maximum Gasteiger partial charge on any atom is 0.263 e. The van der Waals surface area contributed by atoms with Gasteiger partial charge in [-0.1, -0.05) is 6.07 Å². The molecule has 0 spiro atoms. The average molecular weight is 389 g/mol. The topological polar surface area (TPSA) is 65.1 Å². The van der Waals surface area contributed by atoms with Crippen molar-refractivity contribution in [1.82, 2.24) is 23.9 Å². The molecule has 0 saturated carbocycles. The molecular formula is C21H13F2N5O. The van der Waals surface area contributed by atoms with Crippen molar-refractivity contribution >= 4 is 16.7 Å². The molecule has 0 aliphatic carbocycles. The van der Waals surface area contributed by atoms with Gasteiger partial charge in [-0.05, 0) is 36.4 Å². The summed E-state index contributed by atoms with van der Waals surface area (Å²) in [6.45, 7) is -0.276. The van der Waals surface area contributed by atoms with E-state index in [1.807, 2.05) is 12.1 Å². The zero-order valence-corrected chi connectivity index (χ0v) is 15.0. The van der Waals surface area contributed by atoms with Crippen LogP contribution in [0.3, 0.4) is 0 Å². The number of hydrogen-bond acceptors (Lipinski definition) is 4. The van der Waals surface area contributed by atoms with Gasteiger partial charge in [-0.3, -0.25) is 13.8 Å². The summed E-state index contributed by atoms with van der Waals surface area (Å²) in [6, 6.07) is 11.1. The molecule has 0 amide bonds. The van der Waals surface area contributed by atoms with Crippen LogP contribution >= 0.6 is 0 Å². The average Bonchev–Trinajstić information content (AvgIpc) is 3.16. The Morgan fingerprint density at radius 3 is 2.62 bits per heavy atom. The summed E-state index contributed by atoms with van der Waals surface area (Å²) in [6.07, 6.45) is 6.11. The summed E-state index contributed by atoms with van der Waals surface area (Å²) >= 11 is 0. The predicted octanol–water partition coefficient (Wildman–Crippen LogP) is 3.43. The lowest BCUT2D eigenvalue weighted by atomic mass is 10.1. The van der Waals surface area contributed by atoms with Gasteiger partial charge in [0.25, 0.3) is 5.56 Å². The summed E-state index contributed by atoms with van der Waals surface area (Å²) in [7, 11) is 0. The first-order chi connectivity index (χ1) is 14.1. The molecule has 5 aromatic rings. The van der Waals surface area contributed by atoms with Crippen LogP contribution < -0.4 is 5.56 Å². The van der Waals surface area contributed by atoms with Crippen molar-refractivity contribution in [1.29, 1.82) is 0 Å². The lowest BCUT2D eigenvalue weighted by Crippen LogP contribution is -2.22. The largest absolute Gasteiger partial charge is 0.300 e. The zero-order valence-electron chi connectivity index (χ0n) is 15.0. The summed E-state index contributed by atoms with van der Waals surface area (Å²) in [4.78, 5) is 24.9. The first kappa shape index (κ1) is 17.2. The second-order valence-corrected chi connectivity index (χ2v) is 6.54. The second-order valence-electron chi connectivity index (χ2n) is 6.54. The number of fused-ring (bicyclic) bond motifs is 2. The smallest absolute Gasteiger partial charge is 0.263 e. The van der Waals surface area contributed by atoms with E-state index in [9.17, 15) is 13.6 Å². The maximum absolute atomic E-state index is 14.8. The molecule has 142 valence electrons. The molecule has 4 aromatic heterocycles. The van der Waals surface area contributed by atoms with E-state index in [0.717, 1.165) is 0 Å². The summed E-state index contributed by atoms with van der Waals surface area (Å²) in [5, 5.41) is 0.290. The molecule has 8 heteroatoms. The minimum Gasteiger partial charge on any atom is -0.300 e. The van der Waals surface area contributed by atoms with Crippen molar-refractivity contribution in [3.05, 3.63) is 94.9 Å². The Morgan fingerprint density at radius 1 is 0.966 bits per heavy atom. The van der Waals surface area contributed by atoms with E-state index in [4.69, 9.17) is 0 Å². The number of hydrogen-bond donors (Lipinski definition) is 0. The molecule has 0 bridgehead atoms. The number of imidazole rings is 1. The normalized spacial score (nSPS) is 11.4. The first-order valence-corrected chi connectivity index (χ1v) is 8.82. The molecule has 0 aliphatic heterocycles. The predicted molar refractivity (Wildman–Crippen MR) is 103 cm³/mol. The van der Waals surface area contributed by atoms with Crippen molar-refractivity contribution in [3.63, 3.8) is 0 Å². The van der Waals surface area contributed by atoms with Gasteiger partial charge >= 0.3 is 0 Å². The van der Waals surface area contributed by atoms with E-state index in [1.54, 1.807) is 35.0 Å². The van der Waals surface area contributed by atoms with Crippen molar-refractivity contribution in [2.24, 2.45) is 0 Å². The van der Waals surface area contributed by atoms with Crippen molar-refractivity contribution in [3.8, 4) is 11.3 Å². The Hall–Kier alpha value is -3.94. The number of nitrogens with zero attached hydrogens (tertiary/aromatic N) is 5. The lowest BCUT2D eigenvalue weighted by molar-refractivity contribution is 0.541. The molecule has 0 radical (unpaired) electrons. The van der Waals surface area contributed by atoms with Crippen LogP contribution in [0.2, 0.25) is 0 Å². The highest BCUT2D eigenvalue weighted by atomic mass is 19.1. The minimum absolute atomic E-state index is 0.213. The third-order valence-electron chi connectivity index (χ3n) is 4.78. The monoisotopic (exact) mass is 389 g/mol. The summed E-state index contributed by atoms with van der Waals surface area (Å²) < 4.78 is 32.5. The van der Waals surface area contributed by atoms with E-state index in [-0.39, 0.29) is 23.1 Å². The van der Waals surface area contributed by atoms with Crippen LogP contribution in [0.25, 0.3) is 27.9 Å². The molecule has 0 atom stereocenters. The second kappa shape index (κ2) is 6.59. The zero-order chi connectivity index (χ0) is 20.0. The highest BCUT2D eigenvalue weighted by Gasteiger charge is 2.16. The fraction of sp³-hybridized carbons (Fsp3) is 0.0476. The van der Waals surface area contributed by atoms with Gasteiger partial charge in [-0.25, -0.2) is 23.7 Å². The number of aromatic nitrogens is 5. The Morgan fingerprint density at radius 2 is 1.79 bits per heavy atom.